The molecule has 74 valence electrons. The second-order valence-electron chi connectivity index (χ2n) is 3.71. The van der Waals surface area contributed by atoms with E-state index in [4.69, 9.17) is 0 Å². The van der Waals surface area contributed by atoms with Crippen molar-refractivity contribution in [2.24, 2.45) is 0 Å². The second-order valence-corrected chi connectivity index (χ2v) is 4.69. The van der Waals surface area contributed by atoms with Gasteiger partial charge in [0.05, 0.1) is 0 Å². The smallest absolute Gasteiger partial charge is 0.159 e. The van der Waals surface area contributed by atoms with Crippen molar-refractivity contribution < 1.29 is 4.79 Å². The number of carbonyl (C=O) groups is 1. The molecular weight excluding hydrogens is 192 g/mol. The first kappa shape index (κ1) is 9.66. The van der Waals surface area contributed by atoms with Gasteiger partial charge in [0.1, 0.15) is 0 Å². The number of Topliss-reactive ketones (excluding diaryl/α,β-unsaturated/α-hetero) is 1. The third-order valence-electron chi connectivity index (χ3n) is 2.73. The van der Waals surface area contributed by atoms with E-state index < -0.39 is 0 Å². The molecule has 2 heteroatoms. The first-order valence-corrected chi connectivity index (χ1v) is 5.93. The number of hydrogen-bond donors (Lipinski definition) is 0. The van der Waals surface area contributed by atoms with Gasteiger partial charge >= 0.3 is 0 Å². The molecule has 1 nitrogen and oxygen atoms in total. The molecule has 0 aromatic carbocycles. The molecule has 0 spiro atoms. The summed E-state index contributed by atoms with van der Waals surface area (Å²) in [7, 11) is 0. The van der Waals surface area contributed by atoms with Crippen LogP contribution >= 0.6 is 11.3 Å². The van der Waals surface area contributed by atoms with Gasteiger partial charge < -0.3 is 0 Å². The third-order valence-corrected chi connectivity index (χ3v) is 3.79. The largest absolute Gasteiger partial charge is 0.295 e. The molecule has 1 aromatic rings. The quantitative estimate of drug-likeness (QED) is 0.723. The van der Waals surface area contributed by atoms with Gasteiger partial charge in [0.25, 0.3) is 0 Å². The number of ketones is 1. The van der Waals surface area contributed by atoms with Crippen LogP contribution in [0.4, 0.5) is 0 Å². The summed E-state index contributed by atoms with van der Waals surface area (Å²) in [5.41, 5.74) is 1.03. The highest BCUT2D eigenvalue weighted by molar-refractivity contribution is 7.10. The standard InChI is InChI=1S/C12H14OS/c1-9(12-7-4-8-14-12)10-5-2-3-6-11(10)13/h4-5,7-9H,2-3,6H2,1H3. The highest BCUT2D eigenvalue weighted by Crippen LogP contribution is 2.31. The van der Waals surface area contributed by atoms with Crippen LogP contribution in [0, 0.1) is 0 Å². The van der Waals surface area contributed by atoms with Crippen molar-refractivity contribution >= 4 is 17.1 Å². The minimum absolute atomic E-state index is 0.294. The van der Waals surface area contributed by atoms with E-state index in [2.05, 4.69) is 24.4 Å². The van der Waals surface area contributed by atoms with Crippen LogP contribution in [0.1, 0.15) is 37.0 Å². The van der Waals surface area contributed by atoms with E-state index in [1.165, 1.54) is 4.88 Å². The molecule has 0 amide bonds. The molecule has 2 rings (SSSR count). The van der Waals surface area contributed by atoms with Crippen LogP contribution in [0.5, 0.6) is 0 Å². The average Bonchev–Trinajstić information content (AvgIpc) is 2.70. The molecule has 1 aromatic heterocycles. The predicted octanol–water partition coefficient (Wildman–Crippen LogP) is 3.53. The van der Waals surface area contributed by atoms with Crippen molar-refractivity contribution in [1.82, 2.24) is 0 Å². The molecule has 0 aliphatic heterocycles. The average molecular weight is 206 g/mol. The molecule has 0 fully saturated rings. The van der Waals surface area contributed by atoms with Gasteiger partial charge in [-0.05, 0) is 29.9 Å². The number of thiophene rings is 1. The van der Waals surface area contributed by atoms with E-state index in [0.29, 0.717) is 11.7 Å². The molecule has 1 aliphatic rings. The molecule has 1 atom stereocenters. The maximum absolute atomic E-state index is 11.7. The van der Waals surface area contributed by atoms with Gasteiger partial charge in [0.15, 0.2) is 5.78 Å². The summed E-state index contributed by atoms with van der Waals surface area (Å²) in [5, 5.41) is 2.07. The lowest BCUT2D eigenvalue weighted by molar-refractivity contribution is -0.116. The third kappa shape index (κ3) is 1.80. The molecule has 0 bridgehead atoms. The van der Waals surface area contributed by atoms with Crippen LogP contribution in [0.3, 0.4) is 0 Å². The van der Waals surface area contributed by atoms with E-state index in [-0.39, 0.29) is 0 Å². The summed E-state index contributed by atoms with van der Waals surface area (Å²) in [6, 6.07) is 4.16. The van der Waals surface area contributed by atoms with Gasteiger partial charge in [-0.3, -0.25) is 4.79 Å². The van der Waals surface area contributed by atoms with Crippen molar-refractivity contribution in [3.63, 3.8) is 0 Å². The first-order valence-electron chi connectivity index (χ1n) is 5.05. The van der Waals surface area contributed by atoms with Crippen LogP contribution < -0.4 is 0 Å². The summed E-state index contributed by atoms with van der Waals surface area (Å²) in [6.45, 7) is 2.13. The van der Waals surface area contributed by atoms with Crippen LogP contribution in [-0.4, -0.2) is 5.78 Å². The maximum atomic E-state index is 11.7. The molecule has 0 saturated heterocycles. The van der Waals surface area contributed by atoms with Crippen molar-refractivity contribution in [1.29, 1.82) is 0 Å². The number of allylic oxidation sites excluding steroid dienone is 2. The molecule has 1 heterocycles. The maximum Gasteiger partial charge on any atom is 0.159 e. The summed E-state index contributed by atoms with van der Waals surface area (Å²) >= 11 is 1.73. The van der Waals surface area contributed by atoms with Crippen molar-refractivity contribution in [2.45, 2.75) is 32.1 Å². The van der Waals surface area contributed by atoms with Crippen LogP contribution in [0.15, 0.2) is 29.2 Å². The number of rotatable bonds is 2. The van der Waals surface area contributed by atoms with Gasteiger partial charge in [-0.1, -0.05) is 19.1 Å². The molecule has 1 aliphatic carbocycles. The highest BCUT2D eigenvalue weighted by Gasteiger charge is 2.20. The molecule has 0 radical (unpaired) electrons. The zero-order valence-corrected chi connectivity index (χ0v) is 9.14. The fraction of sp³-hybridized carbons (Fsp3) is 0.417. The summed E-state index contributed by atoms with van der Waals surface area (Å²) in [5.74, 6) is 0.639. The van der Waals surface area contributed by atoms with Crippen LogP contribution in [0.2, 0.25) is 0 Å². The van der Waals surface area contributed by atoms with E-state index in [1.54, 1.807) is 11.3 Å². The monoisotopic (exact) mass is 206 g/mol. The Hall–Kier alpha value is -0.890. The van der Waals surface area contributed by atoms with E-state index in [1.807, 2.05) is 6.07 Å². The fourth-order valence-corrected chi connectivity index (χ4v) is 2.69. The van der Waals surface area contributed by atoms with Crippen molar-refractivity contribution in [2.75, 3.05) is 0 Å². The van der Waals surface area contributed by atoms with Gasteiger partial charge in [0, 0.05) is 17.2 Å². The minimum atomic E-state index is 0.294. The Morgan fingerprint density at radius 2 is 2.36 bits per heavy atom. The van der Waals surface area contributed by atoms with Gasteiger partial charge in [-0.2, -0.15) is 0 Å². The Balaban J connectivity index is 2.22. The first-order chi connectivity index (χ1) is 6.79. The molecule has 0 N–H and O–H groups in total. The zero-order chi connectivity index (χ0) is 9.97. The van der Waals surface area contributed by atoms with E-state index >= 15 is 0 Å². The summed E-state index contributed by atoms with van der Waals surface area (Å²) in [4.78, 5) is 13.0. The van der Waals surface area contributed by atoms with E-state index in [0.717, 1.165) is 24.8 Å². The van der Waals surface area contributed by atoms with Crippen molar-refractivity contribution in [3.05, 3.63) is 34.0 Å². The van der Waals surface area contributed by atoms with Gasteiger partial charge in [0.2, 0.25) is 0 Å². The van der Waals surface area contributed by atoms with Crippen LogP contribution in [-0.2, 0) is 4.79 Å². The summed E-state index contributed by atoms with van der Waals surface area (Å²) in [6.07, 6.45) is 4.95. The molecular formula is C12H14OS. The normalized spacial score (nSPS) is 19.2. The fourth-order valence-electron chi connectivity index (χ4n) is 1.89. The highest BCUT2D eigenvalue weighted by atomic mass is 32.1. The lowest BCUT2D eigenvalue weighted by Crippen LogP contribution is -2.12. The molecule has 0 saturated carbocycles. The lowest BCUT2D eigenvalue weighted by Gasteiger charge is -2.17. The summed E-state index contributed by atoms with van der Waals surface area (Å²) < 4.78 is 0. The van der Waals surface area contributed by atoms with Crippen LogP contribution in [0.25, 0.3) is 0 Å². The predicted molar refractivity (Wildman–Crippen MR) is 59.7 cm³/mol. The Morgan fingerprint density at radius 3 is 3.00 bits per heavy atom. The van der Waals surface area contributed by atoms with E-state index in [9.17, 15) is 4.79 Å². The van der Waals surface area contributed by atoms with Crippen molar-refractivity contribution in [3.8, 4) is 0 Å². The minimum Gasteiger partial charge on any atom is -0.295 e. The molecule has 1 unspecified atom stereocenters. The Bertz CT molecular complexity index is 348. The van der Waals surface area contributed by atoms with Gasteiger partial charge in [-0.15, -0.1) is 11.3 Å². The number of carbonyl (C=O) groups excluding carboxylic acids is 1. The lowest BCUT2D eigenvalue weighted by atomic mass is 9.88. The molecule has 14 heavy (non-hydrogen) atoms. The Labute approximate surface area is 88.5 Å². The zero-order valence-electron chi connectivity index (χ0n) is 8.32. The topological polar surface area (TPSA) is 17.1 Å². The number of hydrogen-bond acceptors (Lipinski definition) is 2. The Morgan fingerprint density at radius 1 is 1.50 bits per heavy atom. The second kappa shape index (κ2) is 4.09. The Kier molecular flexibility index (Phi) is 2.82. The SMILES string of the molecule is CC(C1=CCCCC1=O)c1cccs1. The van der Waals surface area contributed by atoms with Gasteiger partial charge in [-0.25, -0.2) is 0 Å².